The number of ether oxygens (including phenoxy) is 1. The second kappa shape index (κ2) is 10.3. The number of carboxylic acid groups (broad SMARTS) is 1. The number of carbonyl (C=O) groups is 3. The van der Waals surface area contributed by atoms with Crippen LogP contribution in [0, 0.1) is 12.3 Å². The Bertz CT molecular complexity index is 956. The summed E-state index contributed by atoms with van der Waals surface area (Å²) >= 11 is 0. The van der Waals surface area contributed by atoms with Gasteiger partial charge in [-0.25, -0.2) is 9.59 Å². The van der Waals surface area contributed by atoms with E-state index in [0.29, 0.717) is 16.8 Å². The molecule has 162 valence electrons. The van der Waals surface area contributed by atoms with Crippen LogP contribution < -0.4 is 10.6 Å². The van der Waals surface area contributed by atoms with E-state index in [2.05, 4.69) is 16.6 Å². The first kappa shape index (κ1) is 23.5. The van der Waals surface area contributed by atoms with E-state index in [1.165, 1.54) is 0 Å². The van der Waals surface area contributed by atoms with Gasteiger partial charge < -0.3 is 15.2 Å². The van der Waals surface area contributed by atoms with Gasteiger partial charge in [0.05, 0.1) is 0 Å². The molecule has 0 saturated carbocycles. The second-order valence-electron chi connectivity index (χ2n) is 7.92. The molecule has 0 bridgehead atoms. The maximum Gasteiger partial charge on any atom is 0.412 e. The van der Waals surface area contributed by atoms with E-state index in [4.69, 9.17) is 11.2 Å². The zero-order valence-electron chi connectivity index (χ0n) is 17.7. The standard InChI is InChI=1S/C24H26N2O5/c1-5-9-19(20(22(28)29)26-21(27)17-10-7-6-8-11-17)16-12-14-18(15-13-16)25-23(30)31-24(2,3)4/h1,6-8,10-15,19-20H,9H2,2-4H3,(H,25,30)(H,26,27)(H,28,29)/t19-,20-/m1/s1. The van der Waals surface area contributed by atoms with E-state index >= 15 is 0 Å². The summed E-state index contributed by atoms with van der Waals surface area (Å²) in [4.78, 5) is 36.4. The summed E-state index contributed by atoms with van der Waals surface area (Å²) in [6.07, 6.45) is 4.98. The molecular formula is C24H26N2O5. The van der Waals surface area contributed by atoms with Gasteiger partial charge in [-0.2, -0.15) is 0 Å². The summed E-state index contributed by atoms with van der Waals surface area (Å²) in [5.41, 5.74) is 0.823. The lowest BCUT2D eigenvalue weighted by atomic mass is 9.88. The summed E-state index contributed by atoms with van der Waals surface area (Å²) in [6, 6.07) is 13.7. The van der Waals surface area contributed by atoms with Crippen LogP contribution in [0.2, 0.25) is 0 Å². The Labute approximate surface area is 181 Å². The summed E-state index contributed by atoms with van der Waals surface area (Å²) in [5, 5.41) is 14.9. The third kappa shape index (κ3) is 7.19. The summed E-state index contributed by atoms with van der Waals surface area (Å²) in [7, 11) is 0. The molecule has 2 aromatic rings. The van der Waals surface area contributed by atoms with Crippen LogP contribution in [0.3, 0.4) is 0 Å². The number of amides is 2. The van der Waals surface area contributed by atoms with Gasteiger partial charge in [0.2, 0.25) is 0 Å². The highest BCUT2D eigenvalue weighted by Crippen LogP contribution is 2.26. The summed E-state index contributed by atoms with van der Waals surface area (Å²) in [6.45, 7) is 5.28. The molecule has 0 aromatic heterocycles. The van der Waals surface area contributed by atoms with Crippen molar-refractivity contribution in [3.63, 3.8) is 0 Å². The molecule has 3 N–H and O–H groups in total. The predicted octanol–water partition coefficient (Wildman–Crippen LogP) is 4.02. The van der Waals surface area contributed by atoms with Crippen LogP contribution in [0.15, 0.2) is 54.6 Å². The van der Waals surface area contributed by atoms with Crippen molar-refractivity contribution in [2.75, 3.05) is 5.32 Å². The number of nitrogens with one attached hydrogen (secondary N) is 2. The zero-order valence-corrected chi connectivity index (χ0v) is 17.7. The molecule has 0 heterocycles. The lowest BCUT2D eigenvalue weighted by Gasteiger charge is -2.24. The van der Waals surface area contributed by atoms with Crippen LogP contribution in [-0.2, 0) is 9.53 Å². The molecule has 0 aliphatic heterocycles. The number of carboxylic acids is 1. The Hall–Kier alpha value is -3.79. The molecule has 0 aliphatic carbocycles. The molecule has 2 amide bonds. The minimum Gasteiger partial charge on any atom is -0.480 e. The number of anilines is 1. The second-order valence-corrected chi connectivity index (χ2v) is 7.92. The van der Waals surface area contributed by atoms with Gasteiger partial charge in [-0.05, 0) is 50.6 Å². The summed E-state index contributed by atoms with van der Waals surface area (Å²) in [5.74, 6) is 0.126. The van der Waals surface area contributed by atoms with Crippen molar-refractivity contribution in [2.45, 2.75) is 44.8 Å². The van der Waals surface area contributed by atoms with Crippen molar-refractivity contribution in [1.29, 1.82) is 0 Å². The molecule has 31 heavy (non-hydrogen) atoms. The van der Waals surface area contributed by atoms with Crippen LogP contribution >= 0.6 is 0 Å². The Balaban J connectivity index is 2.20. The van der Waals surface area contributed by atoms with Gasteiger partial charge in [-0.1, -0.05) is 30.3 Å². The van der Waals surface area contributed by atoms with E-state index in [-0.39, 0.29) is 6.42 Å². The fourth-order valence-electron chi connectivity index (χ4n) is 2.94. The fourth-order valence-corrected chi connectivity index (χ4v) is 2.94. The molecule has 0 saturated heterocycles. The largest absolute Gasteiger partial charge is 0.480 e. The lowest BCUT2D eigenvalue weighted by Crippen LogP contribution is -2.45. The zero-order chi connectivity index (χ0) is 23.0. The third-order valence-corrected chi connectivity index (χ3v) is 4.31. The molecule has 2 rings (SSSR count). The van der Waals surface area contributed by atoms with E-state index in [9.17, 15) is 19.5 Å². The topological polar surface area (TPSA) is 105 Å². The van der Waals surface area contributed by atoms with Crippen molar-refractivity contribution in [3.8, 4) is 12.3 Å². The van der Waals surface area contributed by atoms with Crippen molar-refractivity contribution in [1.82, 2.24) is 5.32 Å². The SMILES string of the molecule is C#CC[C@H](c1ccc(NC(=O)OC(C)(C)C)cc1)[C@@H](NC(=O)c1ccccc1)C(=O)O. The number of benzene rings is 2. The average Bonchev–Trinajstić information content (AvgIpc) is 2.70. The Kier molecular flexibility index (Phi) is 7.81. The van der Waals surface area contributed by atoms with Gasteiger partial charge in [0, 0.05) is 23.6 Å². The number of rotatable bonds is 7. The molecule has 0 aliphatic rings. The molecule has 0 spiro atoms. The normalized spacial score (nSPS) is 12.7. The number of hydrogen-bond acceptors (Lipinski definition) is 4. The van der Waals surface area contributed by atoms with Gasteiger partial charge in [-0.3, -0.25) is 10.1 Å². The molecule has 7 nitrogen and oxygen atoms in total. The molecule has 0 radical (unpaired) electrons. The minimum atomic E-state index is -1.23. The fraction of sp³-hybridized carbons (Fsp3) is 0.292. The average molecular weight is 422 g/mol. The van der Waals surface area contributed by atoms with Crippen LogP contribution in [0.4, 0.5) is 10.5 Å². The van der Waals surface area contributed by atoms with Crippen molar-refractivity contribution in [2.24, 2.45) is 0 Å². The van der Waals surface area contributed by atoms with Crippen molar-refractivity contribution < 1.29 is 24.2 Å². The van der Waals surface area contributed by atoms with E-state index in [1.807, 2.05) is 0 Å². The Morgan fingerprint density at radius 2 is 1.68 bits per heavy atom. The van der Waals surface area contributed by atoms with Crippen LogP contribution in [0.5, 0.6) is 0 Å². The molecule has 2 aromatic carbocycles. The smallest absolute Gasteiger partial charge is 0.412 e. The first-order valence-electron chi connectivity index (χ1n) is 9.73. The number of hydrogen-bond donors (Lipinski definition) is 3. The molecular weight excluding hydrogens is 396 g/mol. The van der Waals surface area contributed by atoms with E-state index in [1.54, 1.807) is 75.4 Å². The van der Waals surface area contributed by atoms with Gasteiger partial charge >= 0.3 is 12.1 Å². The molecule has 0 fully saturated rings. The third-order valence-electron chi connectivity index (χ3n) is 4.31. The van der Waals surface area contributed by atoms with Gasteiger partial charge in [-0.15, -0.1) is 12.3 Å². The first-order chi connectivity index (χ1) is 14.6. The monoisotopic (exact) mass is 422 g/mol. The Morgan fingerprint density at radius 3 is 2.19 bits per heavy atom. The van der Waals surface area contributed by atoms with Gasteiger partial charge in [0.1, 0.15) is 11.6 Å². The quantitative estimate of drug-likeness (QED) is 0.585. The van der Waals surface area contributed by atoms with Crippen molar-refractivity contribution >= 4 is 23.7 Å². The number of aliphatic carboxylic acids is 1. The highest BCUT2D eigenvalue weighted by molar-refractivity contribution is 5.96. The number of terminal acetylenes is 1. The van der Waals surface area contributed by atoms with Gasteiger partial charge in [0.25, 0.3) is 5.91 Å². The molecule has 0 unspecified atom stereocenters. The molecule has 2 atom stereocenters. The Morgan fingerprint density at radius 1 is 1.06 bits per heavy atom. The molecule has 7 heteroatoms. The predicted molar refractivity (Wildman–Crippen MR) is 118 cm³/mol. The van der Waals surface area contributed by atoms with Crippen molar-refractivity contribution in [3.05, 3.63) is 65.7 Å². The first-order valence-corrected chi connectivity index (χ1v) is 9.73. The van der Waals surface area contributed by atoms with E-state index in [0.717, 1.165) is 0 Å². The maximum absolute atomic E-state index is 12.5. The summed E-state index contributed by atoms with van der Waals surface area (Å²) < 4.78 is 5.21. The van der Waals surface area contributed by atoms with Crippen LogP contribution in [-0.4, -0.2) is 34.7 Å². The van der Waals surface area contributed by atoms with Crippen LogP contribution in [0.1, 0.15) is 49.0 Å². The number of carbonyl (C=O) groups excluding carboxylic acids is 2. The highest BCUT2D eigenvalue weighted by Gasteiger charge is 2.31. The maximum atomic E-state index is 12.5. The van der Waals surface area contributed by atoms with Gasteiger partial charge in [0.15, 0.2) is 0 Å². The highest BCUT2D eigenvalue weighted by atomic mass is 16.6. The van der Waals surface area contributed by atoms with Crippen LogP contribution in [0.25, 0.3) is 0 Å². The minimum absolute atomic E-state index is 0.102. The lowest BCUT2D eigenvalue weighted by molar-refractivity contribution is -0.139. The van der Waals surface area contributed by atoms with E-state index < -0.39 is 35.5 Å².